The third-order valence-electron chi connectivity index (χ3n) is 2.52. The predicted octanol–water partition coefficient (Wildman–Crippen LogP) is 1.15. The van der Waals surface area contributed by atoms with Crippen LogP contribution in [0, 0.1) is 6.92 Å². The molecule has 0 radical (unpaired) electrons. The third kappa shape index (κ3) is 2.89. The molecule has 0 fully saturated rings. The normalized spacial score (nSPS) is 9.94. The van der Waals surface area contributed by atoms with Gasteiger partial charge in [-0.25, -0.2) is 0 Å². The number of nitrogens with zero attached hydrogens (tertiary/aromatic N) is 1. The van der Waals surface area contributed by atoms with Gasteiger partial charge in [0.05, 0.1) is 17.9 Å². The molecule has 0 aliphatic carbocycles. The highest BCUT2D eigenvalue weighted by molar-refractivity contribution is 5.82. The molecule has 0 bridgehead atoms. The monoisotopic (exact) mass is 221 g/mol. The topological polar surface area (TPSA) is 58.4 Å². The summed E-state index contributed by atoms with van der Waals surface area (Å²) in [6, 6.07) is 5.84. The van der Waals surface area contributed by atoms with Crippen LogP contribution in [0.4, 0.5) is 11.4 Å². The smallest absolute Gasteiger partial charge is 0.239 e. The molecular weight excluding hydrogens is 202 g/mol. The second-order valence-electron chi connectivity index (χ2n) is 3.75. The lowest BCUT2D eigenvalue weighted by Gasteiger charge is -2.24. The van der Waals surface area contributed by atoms with Crippen LogP contribution in [-0.4, -0.2) is 26.0 Å². The lowest BCUT2D eigenvalue weighted by molar-refractivity contribution is -0.119. The molecule has 1 aromatic carbocycles. The number of anilines is 2. The van der Waals surface area contributed by atoms with Crippen LogP contribution >= 0.6 is 0 Å². The number of carbonyl (C=O) groups is 1. The maximum Gasteiger partial charge on any atom is 0.239 e. The van der Waals surface area contributed by atoms with Crippen molar-refractivity contribution in [2.24, 2.45) is 0 Å². The zero-order valence-electron chi connectivity index (χ0n) is 10.1. The Hall–Kier alpha value is -1.71. The van der Waals surface area contributed by atoms with E-state index in [2.05, 4.69) is 5.32 Å². The van der Waals surface area contributed by atoms with Crippen molar-refractivity contribution in [3.8, 4) is 0 Å². The molecule has 88 valence electrons. The number of amides is 1. The van der Waals surface area contributed by atoms with E-state index in [0.29, 0.717) is 12.2 Å². The van der Waals surface area contributed by atoms with E-state index in [1.807, 2.05) is 36.9 Å². The van der Waals surface area contributed by atoms with Gasteiger partial charge in [0, 0.05) is 13.6 Å². The summed E-state index contributed by atoms with van der Waals surface area (Å²) in [6.07, 6.45) is 0. The van der Waals surface area contributed by atoms with Crippen molar-refractivity contribution in [1.29, 1.82) is 0 Å². The SMILES string of the molecule is CCN(CC(=O)NC)c1cc(C)ccc1N. The number of carbonyl (C=O) groups excluding carboxylic acids is 1. The fourth-order valence-electron chi connectivity index (χ4n) is 1.55. The Morgan fingerprint density at radius 2 is 2.19 bits per heavy atom. The van der Waals surface area contributed by atoms with Crippen molar-refractivity contribution in [2.75, 3.05) is 30.8 Å². The molecule has 0 heterocycles. The van der Waals surface area contributed by atoms with Crippen molar-refractivity contribution >= 4 is 17.3 Å². The lowest BCUT2D eigenvalue weighted by atomic mass is 10.1. The van der Waals surface area contributed by atoms with E-state index < -0.39 is 0 Å². The molecule has 0 aliphatic rings. The average molecular weight is 221 g/mol. The standard InChI is InChI=1S/C12H19N3O/c1-4-15(8-12(16)14-3)11-7-9(2)5-6-10(11)13/h5-7H,4,8,13H2,1-3H3,(H,14,16). The fourth-order valence-corrected chi connectivity index (χ4v) is 1.55. The first-order valence-electron chi connectivity index (χ1n) is 5.40. The van der Waals surface area contributed by atoms with Gasteiger partial charge in [-0.15, -0.1) is 0 Å². The molecule has 1 rings (SSSR count). The largest absolute Gasteiger partial charge is 0.397 e. The molecule has 0 spiro atoms. The van der Waals surface area contributed by atoms with Gasteiger partial charge >= 0.3 is 0 Å². The highest BCUT2D eigenvalue weighted by atomic mass is 16.1. The number of aryl methyl sites for hydroxylation is 1. The quantitative estimate of drug-likeness (QED) is 0.750. The van der Waals surface area contributed by atoms with E-state index >= 15 is 0 Å². The van der Waals surface area contributed by atoms with Crippen molar-refractivity contribution < 1.29 is 4.79 Å². The second kappa shape index (κ2) is 5.39. The first-order chi connectivity index (χ1) is 7.58. The minimum absolute atomic E-state index is 0.0113. The summed E-state index contributed by atoms with van der Waals surface area (Å²) in [5.74, 6) is -0.0113. The minimum atomic E-state index is -0.0113. The summed E-state index contributed by atoms with van der Waals surface area (Å²) in [5, 5.41) is 2.61. The van der Waals surface area contributed by atoms with Gasteiger partial charge in [0.2, 0.25) is 5.91 Å². The van der Waals surface area contributed by atoms with Crippen LogP contribution < -0.4 is 16.0 Å². The summed E-state index contributed by atoms with van der Waals surface area (Å²) >= 11 is 0. The number of nitrogen functional groups attached to an aromatic ring is 1. The first kappa shape index (κ1) is 12.4. The van der Waals surface area contributed by atoms with Gasteiger partial charge in [0.15, 0.2) is 0 Å². The van der Waals surface area contributed by atoms with Crippen LogP contribution in [0.3, 0.4) is 0 Å². The maximum absolute atomic E-state index is 11.4. The number of nitrogens with one attached hydrogen (secondary N) is 1. The number of rotatable bonds is 4. The Morgan fingerprint density at radius 3 is 2.75 bits per heavy atom. The van der Waals surface area contributed by atoms with Gasteiger partial charge in [-0.2, -0.15) is 0 Å². The molecule has 3 N–H and O–H groups in total. The molecule has 0 unspecified atom stereocenters. The van der Waals surface area contributed by atoms with E-state index in [-0.39, 0.29) is 5.91 Å². The fraction of sp³-hybridized carbons (Fsp3) is 0.417. The van der Waals surface area contributed by atoms with Crippen LogP contribution in [0.15, 0.2) is 18.2 Å². The Bertz CT molecular complexity index is 377. The number of likely N-dealkylation sites (N-methyl/N-ethyl adjacent to an activating group) is 2. The van der Waals surface area contributed by atoms with Crippen LogP contribution in [0.1, 0.15) is 12.5 Å². The van der Waals surface area contributed by atoms with Gasteiger partial charge in [-0.1, -0.05) is 6.07 Å². The predicted molar refractivity (Wildman–Crippen MR) is 67.5 cm³/mol. The van der Waals surface area contributed by atoms with Crippen molar-refractivity contribution in [3.05, 3.63) is 23.8 Å². The molecule has 4 heteroatoms. The van der Waals surface area contributed by atoms with Crippen molar-refractivity contribution in [3.63, 3.8) is 0 Å². The lowest BCUT2D eigenvalue weighted by Crippen LogP contribution is -2.35. The summed E-state index contributed by atoms with van der Waals surface area (Å²) in [6.45, 7) is 5.10. The number of hydrogen-bond donors (Lipinski definition) is 2. The molecule has 4 nitrogen and oxygen atoms in total. The Kier molecular flexibility index (Phi) is 4.17. The van der Waals surface area contributed by atoms with E-state index in [1.54, 1.807) is 7.05 Å². The number of benzene rings is 1. The molecular formula is C12H19N3O. The van der Waals surface area contributed by atoms with Crippen molar-refractivity contribution in [2.45, 2.75) is 13.8 Å². The highest BCUT2D eigenvalue weighted by Gasteiger charge is 2.11. The van der Waals surface area contributed by atoms with Crippen LogP contribution in [0.2, 0.25) is 0 Å². The van der Waals surface area contributed by atoms with Gasteiger partial charge in [0.1, 0.15) is 0 Å². The average Bonchev–Trinajstić information content (AvgIpc) is 2.29. The zero-order chi connectivity index (χ0) is 12.1. The van der Waals surface area contributed by atoms with Crippen molar-refractivity contribution in [1.82, 2.24) is 5.32 Å². The molecule has 0 aliphatic heterocycles. The van der Waals surface area contributed by atoms with Gasteiger partial charge < -0.3 is 16.0 Å². The van der Waals surface area contributed by atoms with Gasteiger partial charge in [-0.05, 0) is 31.5 Å². The van der Waals surface area contributed by atoms with E-state index in [4.69, 9.17) is 5.73 Å². The molecule has 0 saturated carbocycles. The van der Waals surface area contributed by atoms with E-state index in [9.17, 15) is 4.79 Å². The molecule has 16 heavy (non-hydrogen) atoms. The van der Waals surface area contributed by atoms with Gasteiger partial charge in [0.25, 0.3) is 0 Å². The van der Waals surface area contributed by atoms with Crippen LogP contribution in [0.25, 0.3) is 0 Å². The molecule has 1 aromatic rings. The van der Waals surface area contributed by atoms with Gasteiger partial charge in [-0.3, -0.25) is 4.79 Å². The molecule has 0 aromatic heterocycles. The molecule has 0 saturated heterocycles. The summed E-state index contributed by atoms with van der Waals surface area (Å²) in [5.41, 5.74) is 8.68. The Labute approximate surface area is 96.4 Å². The first-order valence-corrected chi connectivity index (χ1v) is 5.40. The molecule has 1 amide bonds. The Balaban J connectivity index is 2.94. The summed E-state index contributed by atoms with van der Waals surface area (Å²) in [7, 11) is 1.63. The van der Waals surface area contributed by atoms with Crippen LogP contribution in [0.5, 0.6) is 0 Å². The third-order valence-corrected chi connectivity index (χ3v) is 2.52. The number of hydrogen-bond acceptors (Lipinski definition) is 3. The maximum atomic E-state index is 11.4. The second-order valence-corrected chi connectivity index (χ2v) is 3.75. The van der Waals surface area contributed by atoms with E-state index in [1.165, 1.54) is 0 Å². The number of nitrogens with two attached hydrogens (primary N) is 1. The Morgan fingerprint density at radius 1 is 1.50 bits per heavy atom. The van der Waals surface area contributed by atoms with Crippen LogP contribution in [-0.2, 0) is 4.79 Å². The minimum Gasteiger partial charge on any atom is -0.397 e. The highest BCUT2D eigenvalue weighted by Crippen LogP contribution is 2.23. The summed E-state index contributed by atoms with van der Waals surface area (Å²) in [4.78, 5) is 13.3. The zero-order valence-corrected chi connectivity index (χ0v) is 10.1. The van der Waals surface area contributed by atoms with E-state index in [0.717, 1.165) is 17.8 Å². The summed E-state index contributed by atoms with van der Waals surface area (Å²) < 4.78 is 0. The molecule has 0 atom stereocenters.